The quantitative estimate of drug-likeness (QED) is 0.538. The minimum atomic E-state index is -0.308. The molecule has 11 heavy (non-hydrogen) atoms. The van der Waals surface area contributed by atoms with Crippen LogP contribution in [0.1, 0.15) is 0 Å². The van der Waals surface area contributed by atoms with Gasteiger partial charge in [0, 0.05) is 0 Å². The third-order valence-corrected chi connectivity index (χ3v) is 1.21. The first-order chi connectivity index (χ1) is 5.24. The molecular formula is C5H6B2N3O. The number of hydrogen-bond acceptors (Lipinski definition) is 3. The van der Waals surface area contributed by atoms with Crippen molar-refractivity contribution in [2.75, 3.05) is 5.23 Å². The van der Waals surface area contributed by atoms with E-state index in [9.17, 15) is 4.79 Å². The van der Waals surface area contributed by atoms with E-state index in [-0.39, 0.29) is 5.69 Å². The van der Waals surface area contributed by atoms with Gasteiger partial charge in [-0.25, -0.2) is 0 Å². The van der Waals surface area contributed by atoms with Crippen molar-refractivity contribution in [3.05, 3.63) is 22.7 Å². The van der Waals surface area contributed by atoms with Gasteiger partial charge in [0.1, 0.15) is 0 Å². The standard InChI is InChI=1S/C5H6B2N3O/c1-10-3-2-4(9-7-6)8-5(10)11/h2-3H,1H3,(H,8,9,11). The van der Waals surface area contributed by atoms with Crippen LogP contribution in [0.15, 0.2) is 17.1 Å². The van der Waals surface area contributed by atoms with Crippen molar-refractivity contribution in [2.45, 2.75) is 0 Å². The zero-order valence-corrected chi connectivity index (χ0v) is 6.11. The van der Waals surface area contributed by atoms with Crippen molar-refractivity contribution >= 4 is 20.1 Å². The van der Waals surface area contributed by atoms with E-state index in [1.54, 1.807) is 19.3 Å². The molecule has 0 aromatic carbocycles. The summed E-state index contributed by atoms with van der Waals surface area (Å²) in [5.41, 5.74) is -0.308. The predicted octanol–water partition coefficient (Wildman–Crippen LogP) is -1.11. The maximum atomic E-state index is 10.9. The molecule has 1 heterocycles. The molecule has 0 aliphatic carbocycles. The number of anilines is 1. The Hall–Kier alpha value is -1.19. The Kier molecular flexibility index (Phi) is 2.36. The van der Waals surface area contributed by atoms with E-state index in [0.717, 1.165) is 0 Å². The molecule has 0 saturated heterocycles. The Morgan fingerprint density at radius 2 is 2.55 bits per heavy atom. The van der Waals surface area contributed by atoms with Crippen LogP contribution in [0.25, 0.3) is 0 Å². The summed E-state index contributed by atoms with van der Waals surface area (Å²) in [5.74, 6) is 0.454. The van der Waals surface area contributed by atoms with Gasteiger partial charge < -0.3 is 0 Å². The Bertz CT molecular complexity index is 322. The molecule has 53 valence electrons. The van der Waals surface area contributed by atoms with Gasteiger partial charge in [-0.05, 0) is 0 Å². The van der Waals surface area contributed by atoms with E-state index in [1.165, 1.54) is 11.5 Å². The summed E-state index contributed by atoms with van der Waals surface area (Å²) in [7, 11) is 6.69. The van der Waals surface area contributed by atoms with Crippen LogP contribution in [0, 0.1) is 0 Å². The van der Waals surface area contributed by atoms with Crippen LogP contribution < -0.4 is 10.9 Å². The number of nitrogens with one attached hydrogen (secondary N) is 1. The molecule has 0 aliphatic rings. The molecule has 1 N–H and O–H groups in total. The Morgan fingerprint density at radius 3 is 3.09 bits per heavy atom. The second kappa shape index (κ2) is 3.27. The van der Waals surface area contributed by atoms with E-state index in [1.807, 2.05) is 0 Å². The molecule has 0 amide bonds. The molecule has 0 bridgehead atoms. The number of nitrogens with zero attached hydrogens (tertiary/aromatic N) is 2. The maximum absolute atomic E-state index is 10.9. The number of rotatable bonds is 2. The number of aromatic nitrogens is 2. The molecule has 0 saturated carbocycles. The van der Waals surface area contributed by atoms with Crippen LogP contribution in [-0.4, -0.2) is 23.9 Å². The molecule has 0 atom stereocenters. The second-order valence-electron chi connectivity index (χ2n) is 2.02. The fourth-order valence-corrected chi connectivity index (χ4v) is 0.631. The molecular weight excluding hydrogens is 140 g/mol. The Morgan fingerprint density at radius 1 is 1.82 bits per heavy atom. The zero-order chi connectivity index (χ0) is 8.27. The molecule has 1 aromatic rings. The first-order valence-corrected chi connectivity index (χ1v) is 3.07. The van der Waals surface area contributed by atoms with Crippen molar-refractivity contribution in [3.8, 4) is 0 Å². The third-order valence-electron chi connectivity index (χ3n) is 1.21. The van der Waals surface area contributed by atoms with Crippen LogP contribution in [0.5, 0.6) is 0 Å². The second-order valence-corrected chi connectivity index (χ2v) is 2.02. The van der Waals surface area contributed by atoms with Crippen LogP contribution >= 0.6 is 0 Å². The summed E-state index contributed by atoms with van der Waals surface area (Å²) >= 11 is 0. The van der Waals surface area contributed by atoms with Gasteiger partial charge in [-0.3, -0.25) is 0 Å². The van der Waals surface area contributed by atoms with Crippen molar-refractivity contribution in [1.29, 1.82) is 0 Å². The Labute approximate surface area is 65.6 Å². The summed E-state index contributed by atoms with van der Waals surface area (Å²) in [6, 6.07) is 1.66. The van der Waals surface area contributed by atoms with Gasteiger partial charge in [0.15, 0.2) is 0 Å². The third kappa shape index (κ3) is 1.86. The van der Waals surface area contributed by atoms with E-state index in [0.29, 0.717) is 5.82 Å². The molecule has 1 aromatic heterocycles. The molecule has 1 rings (SSSR count). The van der Waals surface area contributed by atoms with Gasteiger partial charge in [0.05, 0.1) is 0 Å². The van der Waals surface area contributed by atoms with Crippen LogP contribution in [0.4, 0.5) is 5.82 Å². The monoisotopic (exact) mass is 146 g/mol. The van der Waals surface area contributed by atoms with Gasteiger partial charge in [0.2, 0.25) is 0 Å². The van der Waals surface area contributed by atoms with Crippen LogP contribution in [0.3, 0.4) is 0 Å². The normalized spacial score (nSPS) is 8.73. The van der Waals surface area contributed by atoms with Crippen molar-refractivity contribution in [3.63, 3.8) is 0 Å². The van der Waals surface area contributed by atoms with Crippen molar-refractivity contribution in [2.24, 2.45) is 7.05 Å². The Balaban J connectivity index is 3.05. The molecule has 1 radical (unpaired) electrons. The van der Waals surface area contributed by atoms with Crippen LogP contribution in [-0.2, 0) is 7.05 Å². The zero-order valence-electron chi connectivity index (χ0n) is 6.11. The fourth-order valence-electron chi connectivity index (χ4n) is 0.631. The summed E-state index contributed by atoms with van der Waals surface area (Å²) < 4.78 is 1.38. The van der Waals surface area contributed by atoms with E-state index < -0.39 is 0 Å². The summed E-state index contributed by atoms with van der Waals surface area (Å²) in [6.07, 6.45) is 1.61. The molecule has 0 aliphatic heterocycles. The average Bonchev–Trinajstić information content (AvgIpc) is 1.98. The topological polar surface area (TPSA) is 46.9 Å². The van der Waals surface area contributed by atoms with Gasteiger partial charge in [-0.15, -0.1) is 0 Å². The summed E-state index contributed by atoms with van der Waals surface area (Å²) in [5, 5.41) is 2.60. The first-order valence-electron chi connectivity index (χ1n) is 3.07. The van der Waals surface area contributed by atoms with E-state index in [4.69, 9.17) is 7.37 Å². The molecule has 0 unspecified atom stereocenters. The SMILES string of the molecule is [B]=BNc1ccn(C)c(=O)n1. The molecule has 0 fully saturated rings. The number of hydrogen-bond donors (Lipinski definition) is 1. The van der Waals surface area contributed by atoms with E-state index >= 15 is 0 Å². The van der Waals surface area contributed by atoms with Gasteiger partial charge in [0.25, 0.3) is 0 Å². The van der Waals surface area contributed by atoms with Crippen LogP contribution in [0.2, 0.25) is 0 Å². The predicted molar refractivity (Wildman–Crippen MR) is 44.6 cm³/mol. The summed E-state index contributed by atoms with van der Waals surface area (Å²) in [6.45, 7) is 1.22. The number of aryl methyl sites for hydroxylation is 1. The fraction of sp³-hybridized carbons (Fsp3) is 0.200. The van der Waals surface area contributed by atoms with Gasteiger partial charge in [-0.1, -0.05) is 0 Å². The summed E-state index contributed by atoms with van der Waals surface area (Å²) in [4.78, 5) is 14.5. The first kappa shape index (κ1) is 7.91. The van der Waals surface area contributed by atoms with Gasteiger partial charge >= 0.3 is 64.7 Å². The van der Waals surface area contributed by atoms with E-state index in [2.05, 4.69) is 10.2 Å². The van der Waals surface area contributed by atoms with Gasteiger partial charge in [-0.2, -0.15) is 0 Å². The molecule has 6 heteroatoms. The molecule has 0 spiro atoms. The average molecular weight is 146 g/mol. The van der Waals surface area contributed by atoms with Crippen molar-refractivity contribution in [1.82, 2.24) is 9.55 Å². The molecule has 4 nitrogen and oxygen atoms in total. The minimum absolute atomic E-state index is 0.308. The van der Waals surface area contributed by atoms with Crippen molar-refractivity contribution < 1.29 is 0 Å².